The summed E-state index contributed by atoms with van der Waals surface area (Å²) < 4.78 is 5.25. The molecule has 1 amide bonds. The van der Waals surface area contributed by atoms with Gasteiger partial charge < -0.3 is 14.7 Å². The fourth-order valence-electron chi connectivity index (χ4n) is 2.90. The number of nitrogens with zero attached hydrogens (tertiary/aromatic N) is 1. The number of carbonyl (C=O) groups is 1. The highest BCUT2D eigenvalue weighted by atomic mass is 16.5. The minimum atomic E-state index is 0.118. The molecule has 21 heavy (non-hydrogen) atoms. The van der Waals surface area contributed by atoms with Crippen molar-refractivity contribution in [2.45, 2.75) is 45.1 Å². The largest absolute Gasteiger partial charge is 0.508 e. The number of amides is 1. The second kappa shape index (κ2) is 8.03. The van der Waals surface area contributed by atoms with Crippen LogP contribution in [0.25, 0.3) is 0 Å². The van der Waals surface area contributed by atoms with Gasteiger partial charge in [0.25, 0.3) is 0 Å². The minimum Gasteiger partial charge on any atom is -0.508 e. The van der Waals surface area contributed by atoms with Crippen LogP contribution in [0.15, 0.2) is 24.3 Å². The third-order valence-electron chi connectivity index (χ3n) is 4.08. The van der Waals surface area contributed by atoms with Gasteiger partial charge in [0.15, 0.2) is 0 Å². The lowest BCUT2D eigenvalue weighted by atomic mass is 9.95. The van der Waals surface area contributed by atoms with E-state index in [1.807, 2.05) is 24.0 Å². The summed E-state index contributed by atoms with van der Waals surface area (Å²) in [5.41, 5.74) is 1.20. The predicted octanol–water partition coefficient (Wildman–Crippen LogP) is 2.74. The van der Waals surface area contributed by atoms with Crippen molar-refractivity contribution in [3.8, 4) is 5.75 Å². The molecule has 4 heteroatoms. The molecule has 4 nitrogen and oxygen atoms in total. The van der Waals surface area contributed by atoms with E-state index in [9.17, 15) is 9.90 Å². The normalized spacial score (nSPS) is 18.7. The molecule has 1 aromatic carbocycles. The SMILES string of the molecule is CCOCC(=O)N1CCCC[C@H]1CCc1ccc(O)cc1. The van der Waals surface area contributed by atoms with Crippen LogP contribution in [0, 0.1) is 0 Å². The Balaban J connectivity index is 1.89. The number of likely N-dealkylation sites (tertiary alicyclic amines) is 1. The van der Waals surface area contributed by atoms with Gasteiger partial charge in [-0.15, -0.1) is 0 Å². The number of aryl methyl sites for hydroxylation is 1. The summed E-state index contributed by atoms with van der Waals surface area (Å²) in [6, 6.07) is 7.65. The van der Waals surface area contributed by atoms with E-state index >= 15 is 0 Å². The monoisotopic (exact) mass is 291 g/mol. The second-order valence-electron chi connectivity index (χ2n) is 5.58. The Hall–Kier alpha value is -1.55. The quantitative estimate of drug-likeness (QED) is 0.876. The van der Waals surface area contributed by atoms with E-state index in [-0.39, 0.29) is 12.5 Å². The molecule has 1 fully saturated rings. The molecular formula is C17H25NO3. The molecule has 1 heterocycles. The fraction of sp³-hybridized carbons (Fsp3) is 0.588. The standard InChI is InChI=1S/C17H25NO3/c1-2-21-13-17(20)18-12-4-3-5-15(18)9-6-14-7-10-16(19)11-8-14/h7-8,10-11,15,19H,2-6,9,12-13H2,1H3/t15-/m0/s1. The summed E-state index contributed by atoms with van der Waals surface area (Å²) in [5.74, 6) is 0.414. The van der Waals surface area contributed by atoms with E-state index in [2.05, 4.69) is 0 Å². The number of carbonyl (C=O) groups excluding carboxylic acids is 1. The van der Waals surface area contributed by atoms with Crippen LogP contribution >= 0.6 is 0 Å². The van der Waals surface area contributed by atoms with E-state index in [4.69, 9.17) is 4.74 Å². The first-order valence-corrected chi connectivity index (χ1v) is 7.86. The number of phenols is 1. The van der Waals surface area contributed by atoms with Gasteiger partial charge in [-0.05, 0) is 56.7 Å². The van der Waals surface area contributed by atoms with Crippen molar-refractivity contribution in [2.24, 2.45) is 0 Å². The van der Waals surface area contributed by atoms with E-state index in [0.717, 1.165) is 32.2 Å². The molecule has 0 spiro atoms. The average molecular weight is 291 g/mol. The van der Waals surface area contributed by atoms with Crippen LogP contribution in [-0.4, -0.2) is 41.7 Å². The van der Waals surface area contributed by atoms with Gasteiger partial charge in [0.05, 0.1) is 0 Å². The topological polar surface area (TPSA) is 49.8 Å². The van der Waals surface area contributed by atoms with Crippen molar-refractivity contribution in [1.29, 1.82) is 0 Å². The number of hydrogen-bond donors (Lipinski definition) is 1. The molecule has 0 unspecified atom stereocenters. The Kier molecular flexibility index (Phi) is 6.05. The number of hydrogen-bond acceptors (Lipinski definition) is 3. The highest BCUT2D eigenvalue weighted by molar-refractivity contribution is 5.77. The van der Waals surface area contributed by atoms with Gasteiger partial charge in [0.1, 0.15) is 12.4 Å². The maximum Gasteiger partial charge on any atom is 0.248 e. The van der Waals surface area contributed by atoms with E-state index < -0.39 is 0 Å². The lowest BCUT2D eigenvalue weighted by Crippen LogP contribution is -2.45. The molecule has 1 aliphatic rings. The van der Waals surface area contributed by atoms with Crippen LogP contribution in [-0.2, 0) is 16.0 Å². The molecule has 1 aromatic rings. The van der Waals surface area contributed by atoms with Crippen molar-refractivity contribution in [3.05, 3.63) is 29.8 Å². The average Bonchev–Trinajstić information content (AvgIpc) is 2.52. The number of rotatable bonds is 6. The van der Waals surface area contributed by atoms with Crippen LogP contribution in [0.5, 0.6) is 5.75 Å². The summed E-state index contributed by atoms with van der Waals surface area (Å²) >= 11 is 0. The van der Waals surface area contributed by atoms with Crippen LogP contribution in [0.1, 0.15) is 38.2 Å². The summed E-state index contributed by atoms with van der Waals surface area (Å²) in [7, 11) is 0. The zero-order valence-electron chi connectivity index (χ0n) is 12.8. The number of benzene rings is 1. The molecule has 0 radical (unpaired) electrons. The smallest absolute Gasteiger partial charge is 0.248 e. The van der Waals surface area contributed by atoms with E-state index in [1.54, 1.807) is 12.1 Å². The molecule has 116 valence electrons. The lowest BCUT2D eigenvalue weighted by molar-refractivity contribution is -0.139. The molecular weight excluding hydrogens is 266 g/mol. The van der Waals surface area contributed by atoms with Crippen molar-refractivity contribution < 1.29 is 14.6 Å². The maximum absolute atomic E-state index is 12.2. The Morgan fingerprint density at radius 3 is 2.81 bits per heavy atom. The minimum absolute atomic E-state index is 0.118. The fourth-order valence-corrected chi connectivity index (χ4v) is 2.90. The second-order valence-corrected chi connectivity index (χ2v) is 5.58. The molecule has 0 aromatic heterocycles. The van der Waals surface area contributed by atoms with Crippen LogP contribution in [0.2, 0.25) is 0 Å². The van der Waals surface area contributed by atoms with Gasteiger partial charge in [-0.2, -0.15) is 0 Å². The van der Waals surface area contributed by atoms with Crippen molar-refractivity contribution in [1.82, 2.24) is 4.90 Å². The zero-order valence-corrected chi connectivity index (χ0v) is 12.8. The van der Waals surface area contributed by atoms with E-state index in [1.165, 1.54) is 12.0 Å². The zero-order chi connectivity index (χ0) is 15.1. The summed E-state index contributed by atoms with van der Waals surface area (Å²) in [6.45, 7) is 3.54. The molecule has 0 saturated carbocycles. The molecule has 2 rings (SSSR count). The molecule has 1 aliphatic heterocycles. The van der Waals surface area contributed by atoms with Gasteiger partial charge in [0.2, 0.25) is 5.91 Å². The Morgan fingerprint density at radius 2 is 2.10 bits per heavy atom. The lowest BCUT2D eigenvalue weighted by Gasteiger charge is -2.36. The number of ether oxygens (including phenoxy) is 1. The van der Waals surface area contributed by atoms with Crippen LogP contribution < -0.4 is 0 Å². The molecule has 1 N–H and O–H groups in total. The number of piperidine rings is 1. The number of phenolic OH excluding ortho intramolecular Hbond substituents is 1. The van der Waals surface area contributed by atoms with E-state index in [0.29, 0.717) is 18.4 Å². The Labute approximate surface area is 126 Å². The van der Waals surface area contributed by atoms with Crippen molar-refractivity contribution >= 4 is 5.91 Å². The third kappa shape index (κ3) is 4.74. The van der Waals surface area contributed by atoms with Crippen molar-refractivity contribution in [2.75, 3.05) is 19.8 Å². The third-order valence-corrected chi connectivity index (χ3v) is 4.08. The van der Waals surface area contributed by atoms with Gasteiger partial charge >= 0.3 is 0 Å². The molecule has 1 saturated heterocycles. The summed E-state index contributed by atoms with van der Waals surface area (Å²) in [5, 5.41) is 9.30. The summed E-state index contributed by atoms with van der Waals surface area (Å²) in [4.78, 5) is 14.2. The van der Waals surface area contributed by atoms with Crippen LogP contribution in [0.4, 0.5) is 0 Å². The first-order valence-electron chi connectivity index (χ1n) is 7.86. The molecule has 1 atom stereocenters. The number of aromatic hydroxyl groups is 1. The van der Waals surface area contributed by atoms with Gasteiger partial charge in [-0.3, -0.25) is 4.79 Å². The highest BCUT2D eigenvalue weighted by Gasteiger charge is 2.26. The van der Waals surface area contributed by atoms with Gasteiger partial charge in [-0.25, -0.2) is 0 Å². The highest BCUT2D eigenvalue weighted by Crippen LogP contribution is 2.22. The summed E-state index contributed by atoms with van der Waals surface area (Å²) in [6.07, 6.45) is 5.27. The molecule has 0 aliphatic carbocycles. The first kappa shape index (κ1) is 15.8. The molecule has 0 bridgehead atoms. The predicted molar refractivity (Wildman–Crippen MR) is 82.3 cm³/mol. The van der Waals surface area contributed by atoms with Crippen molar-refractivity contribution in [3.63, 3.8) is 0 Å². The van der Waals surface area contributed by atoms with Gasteiger partial charge in [-0.1, -0.05) is 12.1 Å². The van der Waals surface area contributed by atoms with Gasteiger partial charge in [0, 0.05) is 19.2 Å². The maximum atomic E-state index is 12.2. The van der Waals surface area contributed by atoms with Crippen LogP contribution in [0.3, 0.4) is 0 Å². The Bertz CT molecular complexity index is 444. The first-order chi connectivity index (χ1) is 10.2. The Morgan fingerprint density at radius 1 is 1.33 bits per heavy atom.